The van der Waals surface area contributed by atoms with Crippen LogP contribution in [0.3, 0.4) is 0 Å². The first-order chi connectivity index (χ1) is 6.77. The third kappa shape index (κ3) is 3.77. The molecule has 3 nitrogen and oxygen atoms in total. The van der Waals surface area contributed by atoms with Crippen LogP contribution in [0, 0.1) is 5.92 Å². The van der Waals surface area contributed by atoms with Crippen LogP contribution in [0.25, 0.3) is 0 Å². The lowest BCUT2D eigenvalue weighted by Crippen LogP contribution is -2.41. The first-order valence-corrected chi connectivity index (χ1v) is 6.30. The molecule has 0 amide bonds. The molecule has 14 heavy (non-hydrogen) atoms. The second-order valence-electron chi connectivity index (χ2n) is 3.77. The van der Waals surface area contributed by atoms with E-state index in [4.69, 9.17) is 9.47 Å². The summed E-state index contributed by atoms with van der Waals surface area (Å²) in [6.45, 7) is 3.18. The predicted molar refractivity (Wildman–Crippen MR) is 60.7 cm³/mol. The Morgan fingerprint density at radius 3 is 2.64 bits per heavy atom. The molecule has 1 heterocycles. The van der Waals surface area contributed by atoms with Crippen molar-refractivity contribution in [2.45, 2.75) is 25.7 Å². The highest BCUT2D eigenvalue weighted by Crippen LogP contribution is 2.22. The number of thioether (sulfide) groups is 1. The third-order valence-electron chi connectivity index (χ3n) is 2.63. The van der Waals surface area contributed by atoms with Crippen LogP contribution < -0.4 is 5.32 Å². The van der Waals surface area contributed by atoms with Crippen molar-refractivity contribution in [2.24, 2.45) is 5.92 Å². The molecular weight excluding hydrogens is 198 g/mol. The summed E-state index contributed by atoms with van der Waals surface area (Å²) in [6, 6.07) is 0.260. The zero-order valence-corrected chi connectivity index (χ0v) is 10.1. The highest BCUT2D eigenvalue weighted by Gasteiger charge is 2.19. The summed E-state index contributed by atoms with van der Waals surface area (Å²) in [7, 11) is 3.36. The molecule has 1 aliphatic rings. The van der Waals surface area contributed by atoms with Gasteiger partial charge in [0.1, 0.15) is 0 Å². The molecule has 1 aliphatic heterocycles. The van der Waals surface area contributed by atoms with Crippen molar-refractivity contribution >= 4 is 11.8 Å². The molecule has 0 saturated carbocycles. The lowest BCUT2D eigenvalue weighted by molar-refractivity contribution is -0.119. The maximum atomic E-state index is 5.19. The van der Waals surface area contributed by atoms with Crippen LogP contribution in [-0.4, -0.2) is 44.6 Å². The number of rotatable bonds is 6. The van der Waals surface area contributed by atoms with Gasteiger partial charge in [0.2, 0.25) is 0 Å². The van der Waals surface area contributed by atoms with Gasteiger partial charge in [0.25, 0.3) is 0 Å². The summed E-state index contributed by atoms with van der Waals surface area (Å²) in [5.74, 6) is 3.44. The van der Waals surface area contributed by atoms with Crippen molar-refractivity contribution < 1.29 is 9.47 Å². The Labute approximate surface area is 90.9 Å². The van der Waals surface area contributed by atoms with Gasteiger partial charge in [-0.15, -0.1) is 0 Å². The Balaban J connectivity index is 2.15. The van der Waals surface area contributed by atoms with E-state index in [1.54, 1.807) is 14.2 Å². The molecule has 2 atom stereocenters. The highest BCUT2D eigenvalue weighted by atomic mass is 32.2. The molecule has 2 unspecified atom stereocenters. The summed E-state index contributed by atoms with van der Waals surface area (Å²) < 4.78 is 10.4. The van der Waals surface area contributed by atoms with Gasteiger partial charge in [0.05, 0.1) is 6.04 Å². The molecule has 0 aromatic heterocycles. The minimum atomic E-state index is -0.135. The van der Waals surface area contributed by atoms with Gasteiger partial charge >= 0.3 is 0 Å². The Bertz CT molecular complexity index is 147. The van der Waals surface area contributed by atoms with E-state index in [-0.39, 0.29) is 12.3 Å². The normalized spacial score (nSPS) is 24.4. The highest BCUT2D eigenvalue weighted by molar-refractivity contribution is 7.99. The summed E-state index contributed by atoms with van der Waals surface area (Å²) in [4.78, 5) is 0. The standard InChI is InChI=1S/C10H21NO2S/c1-8(10(12-2)13-3)11-6-9-4-5-14-7-9/h8-11H,4-7H2,1-3H3. The van der Waals surface area contributed by atoms with E-state index >= 15 is 0 Å². The average molecular weight is 219 g/mol. The van der Waals surface area contributed by atoms with E-state index in [9.17, 15) is 0 Å². The lowest BCUT2D eigenvalue weighted by Gasteiger charge is -2.23. The summed E-state index contributed by atoms with van der Waals surface area (Å²) in [5.41, 5.74) is 0. The van der Waals surface area contributed by atoms with Crippen LogP contribution in [0.4, 0.5) is 0 Å². The van der Waals surface area contributed by atoms with Gasteiger partial charge in [0, 0.05) is 14.2 Å². The van der Waals surface area contributed by atoms with Crippen molar-refractivity contribution in [3.8, 4) is 0 Å². The molecule has 0 aromatic carbocycles. The molecule has 0 bridgehead atoms. The SMILES string of the molecule is COC(OC)C(C)NCC1CCSC1. The second-order valence-corrected chi connectivity index (χ2v) is 4.92. The predicted octanol–water partition coefficient (Wildman–Crippen LogP) is 1.34. The molecule has 0 aromatic rings. The molecule has 0 radical (unpaired) electrons. The minimum absolute atomic E-state index is 0.135. The molecule has 0 aliphatic carbocycles. The molecule has 1 saturated heterocycles. The fraction of sp³-hybridized carbons (Fsp3) is 1.00. The van der Waals surface area contributed by atoms with Crippen LogP contribution in [0.1, 0.15) is 13.3 Å². The van der Waals surface area contributed by atoms with Crippen molar-refractivity contribution in [3.63, 3.8) is 0 Å². The van der Waals surface area contributed by atoms with Crippen LogP contribution >= 0.6 is 11.8 Å². The zero-order valence-electron chi connectivity index (χ0n) is 9.29. The van der Waals surface area contributed by atoms with Crippen LogP contribution in [0.5, 0.6) is 0 Å². The van der Waals surface area contributed by atoms with Crippen molar-refractivity contribution in [1.82, 2.24) is 5.32 Å². The van der Waals surface area contributed by atoms with Gasteiger partial charge in [-0.05, 0) is 37.3 Å². The largest absolute Gasteiger partial charge is 0.354 e. The summed E-state index contributed by atoms with van der Waals surface area (Å²) in [5, 5.41) is 3.46. The first kappa shape index (κ1) is 12.3. The topological polar surface area (TPSA) is 30.5 Å². The van der Waals surface area contributed by atoms with Gasteiger partial charge in [-0.25, -0.2) is 0 Å². The molecule has 1 rings (SSSR count). The van der Waals surface area contributed by atoms with Crippen LogP contribution in [-0.2, 0) is 9.47 Å². The van der Waals surface area contributed by atoms with E-state index in [1.165, 1.54) is 17.9 Å². The fourth-order valence-corrected chi connectivity index (χ4v) is 2.98. The maximum absolute atomic E-state index is 5.19. The van der Waals surface area contributed by atoms with Gasteiger partial charge in [-0.1, -0.05) is 0 Å². The third-order valence-corrected chi connectivity index (χ3v) is 3.86. The zero-order chi connectivity index (χ0) is 10.4. The van der Waals surface area contributed by atoms with E-state index in [1.807, 2.05) is 0 Å². The quantitative estimate of drug-likeness (QED) is 0.683. The van der Waals surface area contributed by atoms with E-state index in [0.717, 1.165) is 12.5 Å². The Morgan fingerprint density at radius 1 is 1.43 bits per heavy atom. The van der Waals surface area contributed by atoms with E-state index in [0.29, 0.717) is 0 Å². The Hall–Kier alpha value is 0.230. The van der Waals surface area contributed by atoms with Gasteiger partial charge < -0.3 is 14.8 Å². The molecule has 1 N–H and O–H groups in total. The second kappa shape index (κ2) is 6.67. The van der Waals surface area contributed by atoms with Gasteiger partial charge in [-0.2, -0.15) is 11.8 Å². The average Bonchev–Trinajstić information content (AvgIpc) is 2.69. The number of hydrogen-bond donors (Lipinski definition) is 1. The Morgan fingerprint density at radius 2 is 2.14 bits per heavy atom. The number of ether oxygens (including phenoxy) is 2. The van der Waals surface area contributed by atoms with Crippen LogP contribution in [0.2, 0.25) is 0 Å². The van der Waals surface area contributed by atoms with Crippen molar-refractivity contribution in [1.29, 1.82) is 0 Å². The molecule has 1 fully saturated rings. The number of nitrogens with one attached hydrogen (secondary N) is 1. The molecular formula is C10H21NO2S. The smallest absolute Gasteiger partial charge is 0.171 e. The van der Waals surface area contributed by atoms with Crippen LogP contribution in [0.15, 0.2) is 0 Å². The van der Waals surface area contributed by atoms with E-state index in [2.05, 4.69) is 24.0 Å². The molecule has 84 valence electrons. The number of methoxy groups -OCH3 is 2. The Kier molecular flexibility index (Phi) is 5.86. The summed E-state index contributed by atoms with van der Waals surface area (Å²) >= 11 is 2.05. The van der Waals surface area contributed by atoms with Crippen molar-refractivity contribution in [2.75, 3.05) is 32.3 Å². The van der Waals surface area contributed by atoms with Crippen molar-refractivity contribution in [3.05, 3.63) is 0 Å². The number of hydrogen-bond acceptors (Lipinski definition) is 4. The minimum Gasteiger partial charge on any atom is -0.354 e. The maximum Gasteiger partial charge on any atom is 0.171 e. The molecule has 4 heteroatoms. The van der Waals surface area contributed by atoms with E-state index < -0.39 is 0 Å². The van der Waals surface area contributed by atoms with Gasteiger partial charge in [-0.3, -0.25) is 0 Å². The lowest BCUT2D eigenvalue weighted by atomic mass is 10.1. The fourth-order valence-electron chi connectivity index (χ4n) is 1.70. The molecule has 0 spiro atoms. The monoisotopic (exact) mass is 219 g/mol. The first-order valence-electron chi connectivity index (χ1n) is 5.14. The summed E-state index contributed by atoms with van der Waals surface area (Å²) in [6.07, 6.45) is 1.21. The van der Waals surface area contributed by atoms with Gasteiger partial charge in [0.15, 0.2) is 6.29 Å².